The second-order valence-corrected chi connectivity index (χ2v) is 10.1. The van der Waals surface area contributed by atoms with Gasteiger partial charge in [0.15, 0.2) is 0 Å². The van der Waals surface area contributed by atoms with Crippen LogP contribution in [0.1, 0.15) is 22.3 Å². The van der Waals surface area contributed by atoms with E-state index < -0.39 is 0 Å². The predicted molar refractivity (Wildman–Crippen MR) is 182 cm³/mol. The van der Waals surface area contributed by atoms with Gasteiger partial charge in [-0.15, -0.1) is 0 Å². The number of nitrogens with zero attached hydrogens (tertiary/aromatic N) is 1. The van der Waals surface area contributed by atoms with Crippen LogP contribution in [-0.4, -0.2) is 35.5 Å². The summed E-state index contributed by atoms with van der Waals surface area (Å²) in [5.41, 5.74) is 7.03. The average molecular weight is 600 g/mol. The molecule has 5 aromatic carbocycles. The van der Waals surface area contributed by atoms with Crippen molar-refractivity contribution in [2.24, 2.45) is 0 Å². The molecule has 0 unspecified atom stereocenters. The van der Waals surface area contributed by atoms with E-state index in [9.17, 15) is 0 Å². The van der Waals surface area contributed by atoms with Gasteiger partial charge in [-0.25, -0.2) is 0 Å². The van der Waals surface area contributed by atoms with Gasteiger partial charge in [0.1, 0.15) is 28.7 Å². The molecule has 0 aliphatic rings. The lowest BCUT2D eigenvalue weighted by atomic mass is 9.97. The van der Waals surface area contributed by atoms with Crippen molar-refractivity contribution in [3.8, 4) is 28.7 Å². The first-order chi connectivity index (χ1) is 22.0. The predicted octanol–water partition coefficient (Wildman–Crippen LogP) is 8.71. The molecular weight excluding hydrogens is 562 g/mol. The van der Waals surface area contributed by atoms with E-state index in [2.05, 4.69) is 71.9 Å². The van der Waals surface area contributed by atoms with E-state index >= 15 is 0 Å². The molecular formula is C39H37NO5. The summed E-state index contributed by atoms with van der Waals surface area (Å²) in [7, 11) is 8.36. The Morgan fingerprint density at radius 3 is 1.00 bits per heavy atom. The molecule has 0 saturated carbocycles. The summed E-state index contributed by atoms with van der Waals surface area (Å²) < 4.78 is 27.5. The van der Waals surface area contributed by atoms with Crippen molar-refractivity contribution in [3.63, 3.8) is 0 Å². The van der Waals surface area contributed by atoms with E-state index in [0.717, 1.165) is 67.8 Å². The third-order valence-corrected chi connectivity index (χ3v) is 7.49. The van der Waals surface area contributed by atoms with E-state index in [4.69, 9.17) is 23.7 Å². The van der Waals surface area contributed by atoms with Gasteiger partial charge in [0.25, 0.3) is 0 Å². The lowest BCUT2D eigenvalue weighted by molar-refractivity contribution is 0.414. The highest BCUT2D eigenvalue weighted by Crippen LogP contribution is 2.33. The molecule has 0 amide bonds. The molecule has 0 heterocycles. The fraction of sp³-hybridized carbons (Fsp3) is 0.128. The molecule has 0 radical (unpaired) electrons. The summed E-state index contributed by atoms with van der Waals surface area (Å²) in [6.07, 6.45) is 4.29. The van der Waals surface area contributed by atoms with E-state index in [1.54, 1.807) is 35.5 Å². The Morgan fingerprint density at radius 1 is 0.400 bits per heavy atom. The third-order valence-electron chi connectivity index (χ3n) is 7.49. The molecule has 0 aliphatic heterocycles. The van der Waals surface area contributed by atoms with Crippen LogP contribution in [0.2, 0.25) is 0 Å². The average Bonchev–Trinajstić information content (AvgIpc) is 3.12. The molecule has 6 heteroatoms. The first kappa shape index (κ1) is 30.8. The lowest BCUT2D eigenvalue weighted by Gasteiger charge is -2.22. The number of benzene rings is 5. The topological polar surface area (TPSA) is 49.4 Å². The van der Waals surface area contributed by atoms with Gasteiger partial charge in [0, 0.05) is 35.3 Å². The molecule has 0 spiro atoms. The van der Waals surface area contributed by atoms with Gasteiger partial charge in [-0.2, -0.15) is 0 Å². The standard InChI is InChI=1S/C39H37NO5/c1-41-33-17-9-28(10-18-33)38(29-11-19-34(42-2)20-12-29)26-40(32-7-6-8-37(25-32)45-5)27-39(30-13-21-35(43-3)22-14-30)31-15-23-36(44-4)24-16-31/h6-27H,1-5H3. The highest BCUT2D eigenvalue weighted by Gasteiger charge is 2.14. The first-order valence-electron chi connectivity index (χ1n) is 14.5. The van der Waals surface area contributed by atoms with Gasteiger partial charge in [-0.1, -0.05) is 54.6 Å². The Balaban J connectivity index is 1.76. The zero-order valence-electron chi connectivity index (χ0n) is 26.2. The molecule has 6 nitrogen and oxygen atoms in total. The molecule has 0 saturated heterocycles. The van der Waals surface area contributed by atoms with Crippen LogP contribution in [0.4, 0.5) is 5.69 Å². The van der Waals surface area contributed by atoms with Gasteiger partial charge in [-0.05, 0) is 82.9 Å². The molecule has 0 atom stereocenters. The maximum Gasteiger partial charge on any atom is 0.120 e. The van der Waals surface area contributed by atoms with E-state index in [-0.39, 0.29) is 0 Å². The van der Waals surface area contributed by atoms with Gasteiger partial charge in [0.05, 0.1) is 35.5 Å². The highest BCUT2D eigenvalue weighted by atomic mass is 16.5. The fourth-order valence-corrected chi connectivity index (χ4v) is 4.95. The molecule has 228 valence electrons. The van der Waals surface area contributed by atoms with Gasteiger partial charge in [-0.3, -0.25) is 0 Å². The molecule has 0 aliphatic carbocycles. The van der Waals surface area contributed by atoms with E-state index in [1.165, 1.54) is 0 Å². The number of anilines is 1. The van der Waals surface area contributed by atoms with Crippen LogP contribution < -0.4 is 28.6 Å². The summed E-state index contributed by atoms with van der Waals surface area (Å²) in [6.45, 7) is 0. The van der Waals surface area contributed by atoms with Gasteiger partial charge in [0.2, 0.25) is 0 Å². The fourth-order valence-electron chi connectivity index (χ4n) is 4.95. The van der Waals surface area contributed by atoms with Crippen molar-refractivity contribution in [1.29, 1.82) is 0 Å². The highest BCUT2D eigenvalue weighted by molar-refractivity contribution is 5.86. The minimum Gasteiger partial charge on any atom is -0.497 e. The Hall–Kier alpha value is -5.62. The summed E-state index contributed by atoms with van der Waals surface area (Å²) in [5.74, 6) is 3.92. The molecule has 0 aromatic heterocycles. The Bertz CT molecular complexity index is 1530. The van der Waals surface area contributed by atoms with Crippen molar-refractivity contribution in [1.82, 2.24) is 0 Å². The molecule has 0 bridgehead atoms. The first-order valence-corrected chi connectivity index (χ1v) is 14.5. The van der Waals surface area contributed by atoms with Crippen molar-refractivity contribution in [2.75, 3.05) is 40.4 Å². The monoisotopic (exact) mass is 599 g/mol. The number of hydrogen-bond acceptors (Lipinski definition) is 6. The minimum absolute atomic E-state index is 0.755. The summed E-state index contributed by atoms with van der Waals surface area (Å²) in [4.78, 5) is 2.14. The Kier molecular flexibility index (Phi) is 10.1. The molecule has 0 N–H and O–H groups in total. The van der Waals surface area contributed by atoms with Crippen LogP contribution >= 0.6 is 0 Å². The quantitative estimate of drug-likeness (QED) is 0.143. The van der Waals surface area contributed by atoms with Crippen molar-refractivity contribution >= 4 is 16.8 Å². The summed E-state index contributed by atoms with van der Waals surface area (Å²) in [6, 6.07) is 40.3. The van der Waals surface area contributed by atoms with Crippen LogP contribution in [-0.2, 0) is 0 Å². The zero-order valence-corrected chi connectivity index (χ0v) is 26.2. The SMILES string of the molecule is COc1ccc(C(=CN(C=C(c2ccc(OC)cc2)c2ccc(OC)cc2)c2cccc(OC)c2)c2ccc(OC)cc2)cc1. The third kappa shape index (κ3) is 7.48. The van der Waals surface area contributed by atoms with Gasteiger partial charge < -0.3 is 28.6 Å². The maximum absolute atomic E-state index is 5.63. The largest absolute Gasteiger partial charge is 0.497 e. The van der Waals surface area contributed by atoms with Crippen LogP contribution in [0, 0.1) is 0 Å². The second-order valence-electron chi connectivity index (χ2n) is 10.1. The van der Waals surface area contributed by atoms with Crippen LogP contribution in [0.3, 0.4) is 0 Å². The Morgan fingerprint density at radius 2 is 0.711 bits per heavy atom. The van der Waals surface area contributed by atoms with Crippen molar-refractivity contribution in [3.05, 3.63) is 156 Å². The number of hydrogen-bond donors (Lipinski definition) is 0. The van der Waals surface area contributed by atoms with Crippen LogP contribution in [0.15, 0.2) is 134 Å². The summed E-state index contributed by atoms with van der Waals surface area (Å²) in [5, 5.41) is 0. The van der Waals surface area contributed by atoms with E-state index in [1.807, 2.05) is 66.7 Å². The number of rotatable bonds is 12. The second kappa shape index (κ2) is 14.7. The van der Waals surface area contributed by atoms with Gasteiger partial charge >= 0.3 is 0 Å². The zero-order chi connectivity index (χ0) is 31.6. The van der Waals surface area contributed by atoms with Crippen LogP contribution in [0.25, 0.3) is 11.1 Å². The maximum atomic E-state index is 5.63. The molecule has 0 fully saturated rings. The molecule has 5 rings (SSSR count). The van der Waals surface area contributed by atoms with Crippen LogP contribution in [0.5, 0.6) is 28.7 Å². The van der Waals surface area contributed by atoms with E-state index in [0.29, 0.717) is 0 Å². The molecule has 45 heavy (non-hydrogen) atoms. The Labute approximate surface area is 265 Å². The number of methoxy groups -OCH3 is 5. The van der Waals surface area contributed by atoms with Crippen molar-refractivity contribution in [2.45, 2.75) is 0 Å². The normalized spacial score (nSPS) is 10.3. The minimum atomic E-state index is 0.755. The smallest absolute Gasteiger partial charge is 0.120 e. The summed E-state index contributed by atoms with van der Waals surface area (Å²) >= 11 is 0. The van der Waals surface area contributed by atoms with Crippen molar-refractivity contribution < 1.29 is 23.7 Å². The lowest BCUT2D eigenvalue weighted by Crippen LogP contribution is -2.11. The number of ether oxygens (including phenoxy) is 5. The molecule has 5 aromatic rings.